The van der Waals surface area contributed by atoms with Crippen LogP contribution in [-0.2, 0) is 0 Å². The van der Waals surface area contributed by atoms with Crippen LogP contribution in [0.3, 0.4) is 0 Å². The molecular formula is C15H26N4S. The molecule has 0 spiro atoms. The molecule has 0 bridgehead atoms. The van der Waals surface area contributed by atoms with Crippen LogP contribution in [0.4, 0.5) is 5.13 Å². The lowest BCUT2D eigenvalue weighted by molar-refractivity contribution is 0.187. The van der Waals surface area contributed by atoms with Crippen LogP contribution in [0, 0.1) is 6.92 Å². The van der Waals surface area contributed by atoms with E-state index in [9.17, 15) is 0 Å². The third-order valence-corrected chi connectivity index (χ3v) is 6.08. The minimum atomic E-state index is 0.0982. The first-order valence-electron chi connectivity index (χ1n) is 7.87. The molecular weight excluding hydrogens is 268 g/mol. The lowest BCUT2D eigenvalue weighted by Crippen LogP contribution is -2.49. The van der Waals surface area contributed by atoms with Gasteiger partial charge in [-0.15, -0.1) is 11.3 Å². The van der Waals surface area contributed by atoms with Crippen LogP contribution >= 0.6 is 11.3 Å². The highest BCUT2D eigenvalue weighted by molar-refractivity contribution is 7.15. The zero-order valence-electron chi connectivity index (χ0n) is 12.6. The highest BCUT2D eigenvalue weighted by Gasteiger charge is 2.27. The molecule has 0 amide bonds. The summed E-state index contributed by atoms with van der Waals surface area (Å²) in [6.07, 6.45) is 5.67. The Morgan fingerprint density at radius 3 is 2.40 bits per heavy atom. The Kier molecular flexibility index (Phi) is 4.29. The van der Waals surface area contributed by atoms with E-state index in [-0.39, 0.29) is 6.04 Å². The molecule has 1 aromatic rings. The Bertz CT molecular complexity index is 443. The van der Waals surface area contributed by atoms with Crippen molar-refractivity contribution < 1.29 is 0 Å². The standard InChI is InChI=1S/C15H26N4S/c1-11(16)14-12(2)17-15(20-14)19-9-7-18(8-10-19)13-5-3-4-6-13/h11,13H,3-10,16H2,1-2H3. The van der Waals surface area contributed by atoms with Crippen molar-refractivity contribution in [3.63, 3.8) is 0 Å². The van der Waals surface area contributed by atoms with Gasteiger partial charge in [-0.05, 0) is 26.7 Å². The van der Waals surface area contributed by atoms with Crippen molar-refractivity contribution in [3.8, 4) is 0 Å². The summed E-state index contributed by atoms with van der Waals surface area (Å²) in [4.78, 5) is 11.1. The van der Waals surface area contributed by atoms with Gasteiger partial charge in [-0.2, -0.15) is 0 Å². The topological polar surface area (TPSA) is 45.4 Å². The first-order chi connectivity index (χ1) is 9.65. The summed E-state index contributed by atoms with van der Waals surface area (Å²) in [5, 5.41) is 1.17. The molecule has 1 aromatic heterocycles. The van der Waals surface area contributed by atoms with Gasteiger partial charge in [0.15, 0.2) is 5.13 Å². The van der Waals surface area contributed by atoms with Gasteiger partial charge in [0.25, 0.3) is 0 Å². The van der Waals surface area contributed by atoms with Crippen molar-refractivity contribution in [2.24, 2.45) is 5.73 Å². The Morgan fingerprint density at radius 1 is 1.20 bits per heavy atom. The zero-order valence-corrected chi connectivity index (χ0v) is 13.5. The van der Waals surface area contributed by atoms with Crippen molar-refractivity contribution in [1.82, 2.24) is 9.88 Å². The van der Waals surface area contributed by atoms with E-state index < -0.39 is 0 Å². The predicted molar refractivity (Wildman–Crippen MR) is 85.5 cm³/mol. The number of hydrogen-bond donors (Lipinski definition) is 1. The van der Waals surface area contributed by atoms with Crippen LogP contribution in [0.15, 0.2) is 0 Å². The summed E-state index contributed by atoms with van der Waals surface area (Å²) in [6.45, 7) is 8.73. The average molecular weight is 294 g/mol. The summed E-state index contributed by atoms with van der Waals surface area (Å²) in [7, 11) is 0. The quantitative estimate of drug-likeness (QED) is 0.930. The number of piperazine rings is 1. The van der Waals surface area contributed by atoms with Crippen LogP contribution in [0.5, 0.6) is 0 Å². The van der Waals surface area contributed by atoms with E-state index in [0.29, 0.717) is 0 Å². The third kappa shape index (κ3) is 2.85. The molecule has 20 heavy (non-hydrogen) atoms. The molecule has 4 nitrogen and oxygen atoms in total. The maximum absolute atomic E-state index is 6.01. The van der Waals surface area contributed by atoms with E-state index in [2.05, 4.69) is 16.7 Å². The number of nitrogens with zero attached hydrogens (tertiary/aromatic N) is 3. The summed E-state index contributed by atoms with van der Waals surface area (Å²) >= 11 is 1.78. The molecule has 112 valence electrons. The second kappa shape index (κ2) is 6.00. The second-order valence-corrected chi connectivity index (χ2v) is 7.21. The molecule has 0 aromatic carbocycles. The van der Waals surface area contributed by atoms with Crippen molar-refractivity contribution in [1.29, 1.82) is 0 Å². The second-order valence-electron chi connectivity index (χ2n) is 6.20. The monoisotopic (exact) mass is 294 g/mol. The molecule has 2 fully saturated rings. The van der Waals surface area contributed by atoms with E-state index in [1.54, 1.807) is 11.3 Å². The number of anilines is 1. The van der Waals surface area contributed by atoms with Gasteiger partial charge in [-0.3, -0.25) is 4.90 Å². The number of rotatable bonds is 3. The maximum atomic E-state index is 6.01. The molecule has 1 aliphatic heterocycles. The lowest BCUT2D eigenvalue weighted by Gasteiger charge is -2.37. The van der Waals surface area contributed by atoms with Gasteiger partial charge in [0.2, 0.25) is 0 Å². The fraction of sp³-hybridized carbons (Fsp3) is 0.800. The van der Waals surface area contributed by atoms with E-state index in [1.165, 1.54) is 48.8 Å². The van der Waals surface area contributed by atoms with Crippen LogP contribution in [-0.4, -0.2) is 42.1 Å². The van der Waals surface area contributed by atoms with Gasteiger partial charge in [0.05, 0.1) is 5.69 Å². The Balaban J connectivity index is 1.61. The predicted octanol–water partition coefficient (Wildman–Crippen LogP) is 2.54. The summed E-state index contributed by atoms with van der Waals surface area (Å²) in [5.41, 5.74) is 7.12. The van der Waals surface area contributed by atoms with Crippen molar-refractivity contribution in [2.45, 2.75) is 51.6 Å². The molecule has 1 saturated carbocycles. The van der Waals surface area contributed by atoms with Crippen LogP contribution in [0.25, 0.3) is 0 Å². The van der Waals surface area contributed by atoms with E-state index in [1.807, 2.05) is 6.92 Å². The van der Waals surface area contributed by atoms with Crippen LogP contribution in [0.2, 0.25) is 0 Å². The SMILES string of the molecule is Cc1nc(N2CCN(C3CCCC3)CC2)sc1C(C)N. The molecule has 1 saturated heterocycles. The normalized spacial score (nSPS) is 23.4. The minimum Gasteiger partial charge on any atom is -0.346 e. The molecule has 1 atom stereocenters. The van der Waals surface area contributed by atoms with E-state index in [4.69, 9.17) is 10.7 Å². The van der Waals surface area contributed by atoms with Crippen LogP contribution in [0.1, 0.15) is 49.2 Å². The first kappa shape index (κ1) is 14.3. The maximum Gasteiger partial charge on any atom is 0.185 e. The Morgan fingerprint density at radius 2 is 1.85 bits per heavy atom. The Hall–Kier alpha value is -0.650. The number of aromatic nitrogens is 1. The third-order valence-electron chi connectivity index (χ3n) is 4.66. The summed E-state index contributed by atoms with van der Waals surface area (Å²) < 4.78 is 0. The molecule has 2 heterocycles. The summed E-state index contributed by atoms with van der Waals surface area (Å²) in [5.74, 6) is 0. The van der Waals surface area contributed by atoms with Gasteiger partial charge in [-0.25, -0.2) is 4.98 Å². The lowest BCUT2D eigenvalue weighted by atomic mass is 10.2. The molecule has 1 unspecified atom stereocenters. The summed E-state index contributed by atoms with van der Waals surface area (Å²) in [6, 6.07) is 0.954. The highest BCUT2D eigenvalue weighted by atomic mass is 32.1. The largest absolute Gasteiger partial charge is 0.346 e. The first-order valence-corrected chi connectivity index (χ1v) is 8.68. The van der Waals surface area contributed by atoms with Gasteiger partial charge >= 0.3 is 0 Å². The van der Waals surface area contributed by atoms with Crippen LogP contribution < -0.4 is 10.6 Å². The zero-order chi connectivity index (χ0) is 14.1. The van der Waals surface area contributed by atoms with Crippen molar-refractivity contribution >= 4 is 16.5 Å². The smallest absolute Gasteiger partial charge is 0.185 e. The molecule has 1 aliphatic carbocycles. The molecule has 5 heteroatoms. The molecule has 2 aliphatic rings. The van der Waals surface area contributed by atoms with Gasteiger partial charge < -0.3 is 10.6 Å². The fourth-order valence-corrected chi connectivity index (χ4v) is 4.57. The minimum absolute atomic E-state index is 0.0982. The highest BCUT2D eigenvalue weighted by Crippen LogP contribution is 2.31. The molecule has 0 radical (unpaired) electrons. The van der Waals surface area contributed by atoms with Crippen molar-refractivity contribution in [2.75, 3.05) is 31.1 Å². The van der Waals surface area contributed by atoms with E-state index >= 15 is 0 Å². The average Bonchev–Trinajstić information content (AvgIpc) is 3.08. The molecule has 2 N–H and O–H groups in total. The van der Waals surface area contributed by atoms with Gasteiger partial charge in [0, 0.05) is 43.1 Å². The molecule has 3 rings (SSSR count). The fourth-order valence-electron chi connectivity index (χ4n) is 3.50. The number of hydrogen-bond acceptors (Lipinski definition) is 5. The number of aryl methyl sites for hydroxylation is 1. The van der Waals surface area contributed by atoms with Gasteiger partial charge in [-0.1, -0.05) is 12.8 Å². The van der Waals surface area contributed by atoms with Gasteiger partial charge in [0.1, 0.15) is 0 Å². The number of nitrogens with two attached hydrogens (primary N) is 1. The Labute approximate surface area is 126 Å². The van der Waals surface area contributed by atoms with Crippen molar-refractivity contribution in [3.05, 3.63) is 10.6 Å². The number of thiazole rings is 1. The van der Waals surface area contributed by atoms with E-state index in [0.717, 1.165) is 24.8 Å².